The summed E-state index contributed by atoms with van der Waals surface area (Å²) in [4.78, 5) is 0. The van der Waals surface area contributed by atoms with Gasteiger partial charge in [-0.1, -0.05) is 46.3 Å². The highest BCUT2D eigenvalue weighted by Gasteiger charge is 2.11. The Morgan fingerprint density at radius 2 is 1.78 bits per heavy atom. The van der Waals surface area contributed by atoms with Gasteiger partial charge in [0, 0.05) is 10.0 Å². The predicted octanol–water partition coefficient (Wildman–Crippen LogP) is 4.97. The van der Waals surface area contributed by atoms with Crippen molar-refractivity contribution >= 4 is 15.9 Å². The van der Waals surface area contributed by atoms with E-state index in [2.05, 4.69) is 15.9 Å². The zero-order valence-corrected chi connectivity index (χ0v) is 11.0. The van der Waals surface area contributed by atoms with Gasteiger partial charge in [-0.25, -0.2) is 8.78 Å². The Morgan fingerprint density at radius 3 is 2.39 bits per heavy atom. The van der Waals surface area contributed by atoms with Crippen molar-refractivity contribution < 1.29 is 13.5 Å². The fourth-order valence-electron chi connectivity index (χ4n) is 1.52. The van der Waals surface area contributed by atoms with Gasteiger partial charge in [-0.3, -0.25) is 0 Å². The molecule has 0 aliphatic carbocycles. The Balaban J connectivity index is 2.05. The Labute approximate surface area is 113 Å². The van der Waals surface area contributed by atoms with Crippen LogP contribution >= 0.6 is 15.9 Å². The van der Waals surface area contributed by atoms with Crippen LogP contribution in [0.5, 0.6) is 5.75 Å². The second-order valence-corrected chi connectivity index (χ2v) is 4.61. The van der Waals surface area contributed by atoms with Gasteiger partial charge < -0.3 is 4.74 Å². The van der Waals surface area contributed by atoms with Crippen molar-refractivity contribution in [2.75, 3.05) is 0 Å². The number of benzene rings is 2. The van der Waals surface area contributed by atoms with Crippen LogP contribution in [0.1, 0.15) is 17.6 Å². The maximum Gasteiger partial charge on any atom is 0.264 e. The molecule has 0 unspecified atom stereocenters. The molecule has 4 heteroatoms. The van der Waals surface area contributed by atoms with Gasteiger partial charge >= 0.3 is 0 Å². The molecule has 2 aromatic rings. The summed E-state index contributed by atoms with van der Waals surface area (Å²) in [5.74, 6) is 0.565. The maximum atomic E-state index is 12.5. The van der Waals surface area contributed by atoms with Crippen LogP contribution < -0.4 is 4.74 Å². The Bertz CT molecular complexity index is 514. The van der Waals surface area contributed by atoms with E-state index in [1.165, 1.54) is 6.07 Å². The Hall–Kier alpha value is -1.42. The first-order valence-corrected chi connectivity index (χ1v) is 6.20. The minimum atomic E-state index is -2.48. The highest BCUT2D eigenvalue weighted by molar-refractivity contribution is 9.10. The van der Waals surface area contributed by atoms with Crippen molar-refractivity contribution in [2.24, 2.45) is 0 Å². The van der Waals surface area contributed by atoms with Crippen molar-refractivity contribution in [2.45, 2.75) is 13.0 Å². The van der Waals surface area contributed by atoms with Crippen LogP contribution in [0.3, 0.4) is 0 Å². The summed E-state index contributed by atoms with van der Waals surface area (Å²) in [5, 5.41) is 0. The summed E-state index contributed by atoms with van der Waals surface area (Å²) in [6.45, 7) is 0.418. The molecule has 18 heavy (non-hydrogen) atoms. The average molecular weight is 313 g/mol. The number of ether oxygens (including phenoxy) is 1. The number of rotatable bonds is 4. The highest BCUT2D eigenvalue weighted by atomic mass is 79.9. The molecule has 0 radical (unpaired) electrons. The molecule has 1 nitrogen and oxygen atoms in total. The lowest BCUT2D eigenvalue weighted by molar-refractivity contribution is 0.150. The van der Waals surface area contributed by atoms with Crippen molar-refractivity contribution in [3.63, 3.8) is 0 Å². The van der Waals surface area contributed by atoms with Gasteiger partial charge in [0.25, 0.3) is 6.43 Å². The molecule has 0 atom stereocenters. The fourth-order valence-corrected chi connectivity index (χ4v) is 2.05. The first-order chi connectivity index (χ1) is 8.66. The molecule has 0 aliphatic heterocycles. The van der Waals surface area contributed by atoms with Crippen LogP contribution in [0.25, 0.3) is 0 Å². The van der Waals surface area contributed by atoms with Gasteiger partial charge in [0.1, 0.15) is 12.4 Å². The van der Waals surface area contributed by atoms with Crippen LogP contribution in [0.4, 0.5) is 8.78 Å². The molecule has 2 rings (SSSR count). The van der Waals surface area contributed by atoms with E-state index in [0.29, 0.717) is 16.8 Å². The molecule has 0 fully saturated rings. The lowest BCUT2D eigenvalue weighted by Crippen LogP contribution is -1.96. The SMILES string of the molecule is FC(F)c1ccc(OCc2ccccc2)cc1Br. The van der Waals surface area contributed by atoms with E-state index >= 15 is 0 Å². The summed E-state index contributed by atoms with van der Waals surface area (Å²) in [6, 6.07) is 14.2. The van der Waals surface area contributed by atoms with Crippen molar-refractivity contribution in [1.29, 1.82) is 0 Å². The standard InChI is InChI=1S/C14H11BrF2O/c15-13-8-11(6-7-12(13)14(16)17)18-9-10-4-2-1-3-5-10/h1-8,14H,9H2. The monoisotopic (exact) mass is 312 g/mol. The van der Waals surface area contributed by atoms with E-state index < -0.39 is 6.43 Å². The van der Waals surface area contributed by atoms with Gasteiger partial charge in [0.05, 0.1) is 0 Å². The van der Waals surface area contributed by atoms with Gasteiger partial charge in [-0.05, 0) is 23.8 Å². The second-order valence-electron chi connectivity index (χ2n) is 3.76. The Morgan fingerprint density at radius 1 is 1.06 bits per heavy atom. The molecular weight excluding hydrogens is 302 g/mol. The fraction of sp³-hybridized carbons (Fsp3) is 0.143. The van der Waals surface area contributed by atoms with Gasteiger partial charge in [-0.15, -0.1) is 0 Å². The van der Waals surface area contributed by atoms with Gasteiger partial charge in [-0.2, -0.15) is 0 Å². The average Bonchev–Trinajstić information content (AvgIpc) is 2.37. The third kappa shape index (κ3) is 3.29. The second kappa shape index (κ2) is 5.96. The molecule has 0 N–H and O–H groups in total. The normalized spacial score (nSPS) is 10.7. The lowest BCUT2D eigenvalue weighted by Gasteiger charge is -2.09. The van der Waals surface area contributed by atoms with Crippen molar-refractivity contribution in [3.8, 4) is 5.75 Å². The van der Waals surface area contributed by atoms with Crippen molar-refractivity contribution in [3.05, 3.63) is 64.1 Å². The minimum Gasteiger partial charge on any atom is -0.489 e. The van der Waals surface area contributed by atoms with Crippen LogP contribution in [-0.2, 0) is 6.61 Å². The largest absolute Gasteiger partial charge is 0.489 e. The van der Waals surface area contributed by atoms with Gasteiger partial charge in [0.2, 0.25) is 0 Å². The summed E-state index contributed by atoms with van der Waals surface area (Å²) in [7, 11) is 0. The summed E-state index contributed by atoms with van der Waals surface area (Å²) < 4.78 is 31.0. The molecule has 0 amide bonds. The Kier molecular flexibility index (Phi) is 4.31. The molecule has 2 aromatic carbocycles. The van der Waals surface area contributed by atoms with Gasteiger partial charge in [0.15, 0.2) is 0 Å². The topological polar surface area (TPSA) is 9.23 Å². The molecule has 0 aromatic heterocycles. The van der Waals surface area contributed by atoms with Crippen LogP contribution in [-0.4, -0.2) is 0 Å². The van der Waals surface area contributed by atoms with E-state index in [-0.39, 0.29) is 5.56 Å². The van der Waals surface area contributed by atoms with Crippen LogP contribution in [0.15, 0.2) is 53.0 Å². The molecule has 0 spiro atoms. The number of alkyl halides is 2. The van der Waals surface area contributed by atoms with E-state index in [1.54, 1.807) is 12.1 Å². The molecule has 94 valence electrons. The van der Waals surface area contributed by atoms with Crippen molar-refractivity contribution in [1.82, 2.24) is 0 Å². The first kappa shape index (κ1) is 13.0. The van der Waals surface area contributed by atoms with E-state index in [4.69, 9.17) is 4.74 Å². The van der Waals surface area contributed by atoms with E-state index in [9.17, 15) is 8.78 Å². The maximum absolute atomic E-state index is 12.5. The minimum absolute atomic E-state index is 0.0259. The molecule has 0 bridgehead atoms. The van der Waals surface area contributed by atoms with Crippen LogP contribution in [0, 0.1) is 0 Å². The smallest absolute Gasteiger partial charge is 0.264 e. The number of halogens is 3. The first-order valence-electron chi connectivity index (χ1n) is 5.41. The molecular formula is C14H11BrF2O. The molecule has 0 heterocycles. The highest BCUT2D eigenvalue weighted by Crippen LogP contribution is 2.30. The van der Waals surface area contributed by atoms with E-state index in [0.717, 1.165) is 5.56 Å². The number of hydrogen-bond donors (Lipinski definition) is 0. The predicted molar refractivity (Wildman–Crippen MR) is 69.9 cm³/mol. The third-order valence-corrected chi connectivity index (χ3v) is 3.14. The van der Waals surface area contributed by atoms with E-state index in [1.807, 2.05) is 30.3 Å². The molecule has 0 aliphatic rings. The zero-order valence-electron chi connectivity index (χ0n) is 9.45. The number of hydrogen-bond acceptors (Lipinski definition) is 1. The quantitative estimate of drug-likeness (QED) is 0.775. The lowest BCUT2D eigenvalue weighted by atomic mass is 10.2. The molecule has 0 saturated heterocycles. The summed E-state index contributed by atoms with van der Waals surface area (Å²) >= 11 is 3.11. The van der Waals surface area contributed by atoms with Crippen LogP contribution in [0.2, 0.25) is 0 Å². The summed E-state index contributed by atoms with van der Waals surface area (Å²) in [5.41, 5.74) is 1.01. The third-order valence-electron chi connectivity index (χ3n) is 2.46. The zero-order chi connectivity index (χ0) is 13.0. The summed E-state index contributed by atoms with van der Waals surface area (Å²) in [6.07, 6.45) is -2.48. The molecule has 0 saturated carbocycles.